The van der Waals surface area contributed by atoms with E-state index in [1.54, 1.807) is 0 Å². The van der Waals surface area contributed by atoms with Crippen LogP contribution in [0.5, 0.6) is 0 Å². The van der Waals surface area contributed by atoms with E-state index < -0.39 is 0 Å². The summed E-state index contributed by atoms with van der Waals surface area (Å²) in [4.78, 5) is 2.54. The van der Waals surface area contributed by atoms with Crippen LogP contribution < -0.4 is 0 Å². The first kappa shape index (κ1) is 21.8. The summed E-state index contributed by atoms with van der Waals surface area (Å²) in [5.41, 5.74) is 1.30. The molecule has 1 aromatic carbocycles. The molecule has 0 fully saturated rings. The molecule has 0 unspecified atom stereocenters. The molecule has 0 atom stereocenters. The molecule has 0 N–H and O–H groups in total. The van der Waals surface area contributed by atoms with Crippen molar-refractivity contribution >= 4 is 6.08 Å². The van der Waals surface area contributed by atoms with E-state index in [4.69, 9.17) is 0 Å². The summed E-state index contributed by atoms with van der Waals surface area (Å²) in [6.45, 7) is 11.7. The maximum absolute atomic E-state index is 2.54. The van der Waals surface area contributed by atoms with Crippen LogP contribution in [0.1, 0.15) is 84.6 Å². The van der Waals surface area contributed by atoms with E-state index in [0.717, 1.165) is 11.8 Å². The van der Waals surface area contributed by atoms with Crippen molar-refractivity contribution in [2.45, 2.75) is 79.1 Å². The highest BCUT2D eigenvalue weighted by Crippen LogP contribution is 2.12. The summed E-state index contributed by atoms with van der Waals surface area (Å²) in [5, 5.41) is 0. The highest BCUT2D eigenvalue weighted by Gasteiger charge is 2.02. The van der Waals surface area contributed by atoms with Crippen LogP contribution >= 0.6 is 0 Å². The van der Waals surface area contributed by atoms with Crippen LogP contribution in [0.4, 0.5) is 0 Å². The second kappa shape index (κ2) is 14.0. The SMILES string of the molecule is CC(C)CCCCCN(C=Cc1ccccc1)CCCCCC(C)C. The highest BCUT2D eigenvalue weighted by molar-refractivity contribution is 5.48. The smallest absolute Gasteiger partial charge is 0.0172 e. The molecular weight excluding hydrogens is 302 g/mol. The summed E-state index contributed by atoms with van der Waals surface area (Å²) < 4.78 is 0. The van der Waals surface area contributed by atoms with Gasteiger partial charge in [-0.2, -0.15) is 0 Å². The van der Waals surface area contributed by atoms with Crippen molar-refractivity contribution in [3.8, 4) is 0 Å². The van der Waals surface area contributed by atoms with Gasteiger partial charge < -0.3 is 4.90 Å². The van der Waals surface area contributed by atoms with E-state index in [1.165, 1.54) is 70.0 Å². The summed E-state index contributed by atoms with van der Waals surface area (Å²) >= 11 is 0. The summed E-state index contributed by atoms with van der Waals surface area (Å²) in [6, 6.07) is 10.7. The van der Waals surface area contributed by atoms with Crippen LogP contribution in [0, 0.1) is 11.8 Å². The first-order chi connectivity index (χ1) is 12.1. The summed E-state index contributed by atoms with van der Waals surface area (Å²) in [7, 11) is 0. The Hall–Kier alpha value is -1.24. The molecule has 1 rings (SSSR count). The molecule has 0 aliphatic rings. The Balaban J connectivity index is 2.36. The number of rotatable bonds is 14. The minimum atomic E-state index is 0.843. The minimum absolute atomic E-state index is 0.843. The average Bonchev–Trinajstić information content (AvgIpc) is 2.58. The third kappa shape index (κ3) is 12.7. The summed E-state index contributed by atoms with van der Waals surface area (Å²) in [6.07, 6.45) is 15.4. The van der Waals surface area contributed by atoms with Gasteiger partial charge in [-0.05, 0) is 42.5 Å². The van der Waals surface area contributed by atoms with Crippen LogP contribution in [0.15, 0.2) is 36.5 Å². The Morgan fingerprint density at radius 2 is 1.24 bits per heavy atom. The Morgan fingerprint density at radius 1 is 0.720 bits per heavy atom. The van der Waals surface area contributed by atoms with E-state index in [-0.39, 0.29) is 0 Å². The van der Waals surface area contributed by atoms with E-state index in [1.807, 2.05) is 0 Å². The van der Waals surface area contributed by atoms with Crippen molar-refractivity contribution in [1.29, 1.82) is 0 Å². The van der Waals surface area contributed by atoms with Gasteiger partial charge in [-0.1, -0.05) is 96.6 Å². The zero-order valence-electron chi connectivity index (χ0n) is 17.2. The number of hydrogen-bond donors (Lipinski definition) is 0. The molecule has 0 heterocycles. The van der Waals surface area contributed by atoms with E-state index in [9.17, 15) is 0 Å². The average molecular weight is 344 g/mol. The first-order valence-electron chi connectivity index (χ1n) is 10.5. The molecule has 0 aromatic heterocycles. The maximum Gasteiger partial charge on any atom is 0.0172 e. The van der Waals surface area contributed by atoms with Gasteiger partial charge in [-0.3, -0.25) is 0 Å². The van der Waals surface area contributed by atoms with Gasteiger partial charge in [0.1, 0.15) is 0 Å². The lowest BCUT2D eigenvalue weighted by atomic mass is 10.0. The molecule has 142 valence electrons. The van der Waals surface area contributed by atoms with Crippen molar-refractivity contribution in [1.82, 2.24) is 4.90 Å². The molecule has 0 radical (unpaired) electrons. The number of benzene rings is 1. The lowest BCUT2D eigenvalue weighted by molar-refractivity contribution is 0.348. The maximum atomic E-state index is 2.54. The quantitative estimate of drug-likeness (QED) is 0.318. The number of unbranched alkanes of at least 4 members (excludes halogenated alkanes) is 4. The minimum Gasteiger partial charge on any atom is -0.377 e. The topological polar surface area (TPSA) is 3.24 Å². The van der Waals surface area contributed by atoms with Gasteiger partial charge in [0.15, 0.2) is 0 Å². The van der Waals surface area contributed by atoms with Crippen LogP contribution in [-0.4, -0.2) is 18.0 Å². The monoisotopic (exact) mass is 343 g/mol. The van der Waals surface area contributed by atoms with E-state index in [0.29, 0.717) is 0 Å². The predicted molar refractivity (Wildman–Crippen MR) is 114 cm³/mol. The summed E-state index contributed by atoms with van der Waals surface area (Å²) in [5.74, 6) is 1.69. The van der Waals surface area contributed by atoms with Gasteiger partial charge >= 0.3 is 0 Å². The first-order valence-corrected chi connectivity index (χ1v) is 10.5. The predicted octanol–water partition coefficient (Wildman–Crippen LogP) is 7.39. The van der Waals surface area contributed by atoms with Crippen LogP contribution in [0.2, 0.25) is 0 Å². The fraction of sp³-hybridized carbons (Fsp3) is 0.667. The molecule has 0 saturated heterocycles. The Kier molecular flexibility index (Phi) is 12.2. The number of hydrogen-bond acceptors (Lipinski definition) is 1. The molecule has 0 saturated carbocycles. The van der Waals surface area contributed by atoms with Gasteiger partial charge in [0.2, 0.25) is 0 Å². The standard InChI is InChI=1S/C24H41N/c1-22(2)14-8-6-12-19-25(20-13-7-9-15-23(3)4)21-18-24-16-10-5-11-17-24/h5,10-11,16-18,21-23H,6-9,12-15,19-20H2,1-4H3. The zero-order valence-corrected chi connectivity index (χ0v) is 17.2. The Morgan fingerprint density at radius 3 is 1.72 bits per heavy atom. The van der Waals surface area contributed by atoms with Gasteiger partial charge in [0.05, 0.1) is 0 Å². The van der Waals surface area contributed by atoms with Crippen molar-refractivity contribution in [3.63, 3.8) is 0 Å². The van der Waals surface area contributed by atoms with E-state index in [2.05, 4.69) is 75.2 Å². The van der Waals surface area contributed by atoms with Crippen molar-refractivity contribution in [3.05, 3.63) is 42.1 Å². The molecular formula is C24H41N. The van der Waals surface area contributed by atoms with E-state index >= 15 is 0 Å². The molecule has 0 aliphatic carbocycles. The molecule has 1 heteroatoms. The molecule has 25 heavy (non-hydrogen) atoms. The van der Waals surface area contributed by atoms with Crippen molar-refractivity contribution < 1.29 is 0 Å². The second-order valence-electron chi connectivity index (χ2n) is 8.25. The normalized spacial score (nSPS) is 11.8. The number of nitrogens with zero attached hydrogens (tertiary/aromatic N) is 1. The molecule has 0 aliphatic heterocycles. The van der Waals surface area contributed by atoms with Crippen molar-refractivity contribution in [2.24, 2.45) is 11.8 Å². The van der Waals surface area contributed by atoms with Gasteiger partial charge in [-0.25, -0.2) is 0 Å². The molecule has 0 amide bonds. The lowest BCUT2D eigenvalue weighted by Gasteiger charge is -2.21. The second-order valence-corrected chi connectivity index (χ2v) is 8.25. The van der Waals surface area contributed by atoms with Gasteiger partial charge in [-0.15, -0.1) is 0 Å². The van der Waals surface area contributed by atoms with Crippen LogP contribution in [0.3, 0.4) is 0 Å². The Bertz CT molecular complexity index is 415. The lowest BCUT2D eigenvalue weighted by Crippen LogP contribution is -2.20. The molecule has 1 nitrogen and oxygen atoms in total. The molecule has 1 aromatic rings. The molecule has 0 bridgehead atoms. The third-order valence-electron chi connectivity index (χ3n) is 4.73. The van der Waals surface area contributed by atoms with Crippen LogP contribution in [0.25, 0.3) is 6.08 Å². The Labute approximate surface area is 157 Å². The zero-order chi connectivity index (χ0) is 18.3. The molecule has 0 spiro atoms. The van der Waals surface area contributed by atoms with Crippen LogP contribution in [-0.2, 0) is 0 Å². The van der Waals surface area contributed by atoms with Gasteiger partial charge in [0, 0.05) is 13.1 Å². The van der Waals surface area contributed by atoms with Gasteiger partial charge in [0.25, 0.3) is 0 Å². The third-order valence-corrected chi connectivity index (χ3v) is 4.73. The highest BCUT2D eigenvalue weighted by atomic mass is 15.1. The largest absolute Gasteiger partial charge is 0.377 e. The fourth-order valence-corrected chi connectivity index (χ4v) is 3.11. The van der Waals surface area contributed by atoms with Crippen molar-refractivity contribution in [2.75, 3.05) is 13.1 Å². The fourth-order valence-electron chi connectivity index (χ4n) is 3.11.